The molecule has 2 heterocycles. The fraction of sp³-hybridized carbons (Fsp3) is 0.0476. The standard InChI is InChI=1S/C21H16N4S2/c1-27-19-8-6-15(7-9-19)14-2-4-16(5-3-14)17-10-22-20(23-11-17)18-12-24-21(26)25-13-18/h2-13H,1H3,(H,24,25,26). The van der Waals surface area contributed by atoms with Crippen molar-refractivity contribution in [2.24, 2.45) is 0 Å². The van der Waals surface area contributed by atoms with E-state index in [1.807, 2.05) is 12.4 Å². The number of hydrogen-bond acceptors (Lipinski definition) is 5. The van der Waals surface area contributed by atoms with Gasteiger partial charge in [0.25, 0.3) is 0 Å². The maximum Gasteiger partial charge on any atom is 0.196 e. The number of aromatic amines is 1. The first-order chi connectivity index (χ1) is 13.2. The molecule has 0 aliphatic heterocycles. The molecule has 0 saturated heterocycles. The van der Waals surface area contributed by atoms with Gasteiger partial charge in [-0.25, -0.2) is 15.0 Å². The first-order valence-corrected chi connectivity index (χ1v) is 9.98. The lowest BCUT2D eigenvalue weighted by molar-refractivity contribution is 1.10. The number of aromatic nitrogens is 4. The fourth-order valence-corrected chi connectivity index (χ4v) is 3.25. The molecule has 0 unspecified atom stereocenters. The molecule has 4 rings (SSSR count). The molecule has 0 bridgehead atoms. The molecule has 27 heavy (non-hydrogen) atoms. The summed E-state index contributed by atoms with van der Waals surface area (Å²) < 4.78 is 0.443. The van der Waals surface area contributed by atoms with Crippen LogP contribution in [0.1, 0.15) is 0 Å². The molecule has 0 amide bonds. The van der Waals surface area contributed by atoms with E-state index in [1.165, 1.54) is 16.0 Å². The van der Waals surface area contributed by atoms with Crippen molar-refractivity contribution in [3.05, 3.63) is 78.1 Å². The van der Waals surface area contributed by atoms with Gasteiger partial charge in [-0.05, 0) is 47.3 Å². The van der Waals surface area contributed by atoms with Gasteiger partial charge in [-0.1, -0.05) is 36.4 Å². The Morgan fingerprint density at radius 1 is 0.704 bits per heavy atom. The maximum absolute atomic E-state index is 4.96. The molecule has 132 valence electrons. The van der Waals surface area contributed by atoms with E-state index in [2.05, 4.69) is 74.7 Å². The van der Waals surface area contributed by atoms with Crippen molar-refractivity contribution in [1.82, 2.24) is 19.9 Å². The summed E-state index contributed by atoms with van der Waals surface area (Å²) in [5, 5.41) is 0. The van der Waals surface area contributed by atoms with Gasteiger partial charge < -0.3 is 4.98 Å². The van der Waals surface area contributed by atoms with Gasteiger partial charge in [0, 0.05) is 35.2 Å². The van der Waals surface area contributed by atoms with Crippen LogP contribution >= 0.6 is 24.0 Å². The van der Waals surface area contributed by atoms with Crippen LogP contribution < -0.4 is 0 Å². The Morgan fingerprint density at radius 3 is 1.74 bits per heavy atom. The summed E-state index contributed by atoms with van der Waals surface area (Å²) in [6.07, 6.45) is 9.17. The van der Waals surface area contributed by atoms with Crippen LogP contribution in [0.2, 0.25) is 0 Å². The van der Waals surface area contributed by atoms with Gasteiger partial charge >= 0.3 is 0 Å². The maximum atomic E-state index is 4.96. The Balaban J connectivity index is 1.56. The van der Waals surface area contributed by atoms with Crippen molar-refractivity contribution in [1.29, 1.82) is 0 Å². The quantitative estimate of drug-likeness (QED) is 0.361. The number of nitrogens with one attached hydrogen (secondary N) is 1. The molecule has 0 saturated carbocycles. The van der Waals surface area contributed by atoms with Gasteiger partial charge in [0.15, 0.2) is 10.6 Å². The largest absolute Gasteiger partial charge is 0.337 e. The van der Waals surface area contributed by atoms with Gasteiger partial charge in [-0.2, -0.15) is 0 Å². The monoisotopic (exact) mass is 388 g/mol. The highest BCUT2D eigenvalue weighted by Gasteiger charge is 2.05. The zero-order valence-electron chi connectivity index (χ0n) is 14.6. The second-order valence-electron chi connectivity index (χ2n) is 5.91. The Labute approximate surface area is 166 Å². The summed E-state index contributed by atoms with van der Waals surface area (Å²) in [6.45, 7) is 0. The van der Waals surface area contributed by atoms with Crippen LogP contribution in [-0.2, 0) is 0 Å². The predicted octanol–water partition coefficient (Wildman–Crippen LogP) is 5.65. The Kier molecular flexibility index (Phi) is 5.09. The van der Waals surface area contributed by atoms with E-state index in [9.17, 15) is 0 Å². The highest BCUT2D eigenvalue weighted by Crippen LogP contribution is 2.26. The molecule has 2 aromatic carbocycles. The Morgan fingerprint density at radius 2 is 1.22 bits per heavy atom. The third kappa shape index (κ3) is 3.97. The minimum atomic E-state index is 0.443. The average molecular weight is 389 g/mol. The summed E-state index contributed by atoms with van der Waals surface area (Å²) in [5.74, 6) is 0.614. The van der Waals surface area contributed by atoms with E-state index in [4.69, 9.17) is 12.2 Å². The molecule has 0 fully saturated rings. The van der Waals surface area contributed by atoms with Crippen molar-refractivity contribution in [2.75, 3.05) is 6.26 Å². The number of benzene rings is 2. The second kappa shape index (κ2) is 7.82. The lowest BCUT2D eigenvalue weighted by atomic mass is 10.0. The minimum absolute atomic E-state index is 0.443. The van der Waals surface area contributed by atoms with Gasteiger partial charge in [0.05, 0.1) is 5.56 Å². The van der Waals surface area contributed by atoms with Crippen LogP contribution in [0.3, 0.4) is 0 Å². The van der Waals surface area contributed by atoms with E-state index in [0.29, 0.717) is 10.6 Å². The van der Waals surface area contributed by atoms with Crippen LogP contribution in [0, 0.1) is 4.77 Å². The van der Waals surface area contributed by atoms with Gasteiger partial charge in [-0.15, -0.1) is 11.8 Å². The molecule has 4 nitrogen and oxygen atoms in total. The second-order valence-corrected chi connectivity index (χ2v) is 7.17. The van der Waals surface area contributed by atoms with Crippen molar-refractivity contribution < 1.29 is 0 Å². The predicted molar refractivity (Wildman–Crippen MR) is 113 cm³/mol. The van der Waals surface area contributed by atoms with E-state index < -0.39 is 0 Å². The Bertz CT molecular complexity index is 1080. The number of thioether (sulfide) groups is 1. The SMILES string of the molecule is CSc1ccc(-c2ccc(-c3cnc(-c4cnc(=S)[nH]c4)nc3)cc2)cc1. The summed E-state index contributed by atoms with van der Waals surface area (Å²) >= 11 is 6.70. The first kappa shape index (κ1) is 17.6. The highest BCUT2D eigenvalue weighted by atomic mass is 32.2. The molecule has 0 spiro atoms. The van der Waals surface area contributed by atoms with Crippen molar-refractivity contribution in [3.8, 4) is 33.6 Å². The fourth-order valence-electron chi connectivity index (χ4n) is 2.73. The molecule has 4 aromatic rings. The third-order valence-corrected chi connectivity index (χ3v) is 5.19. The van der Waals surface area contributed by atoms with E-state index >= 15 is 0 Å². The first-order valence-electron chi connectivity index (χ1n) is 8.35. The number of rotatable bonds is 4. The molecular weight excluding hydrogens is 372 g/mol. The number of hydrogen-bond donors (Lipinski definition) is 1. The normalized spacial score (nSPS) is 10.7. The smallest absolute Gasteiger partial charge is 0.196 e. The van der Waals surface area contributed by atoms with E-state index in [0.717, 1.165) is 16.7 Å². The van der Waals surface area contributed by atoms with Crippen LogP contribution in [0.5, 0.6) is 0 Å². The van der Waals surface area contributed by atoms with Crippen molar-refractivity contribution in [3.63, 3.8) is 0 Å². The van der Waals surface area contributed by atoms with Crippen molar-refractivity contribution in [2.45, 2.75) is 4.90 Å². The van der Waals surface area contributed by atoms with Crippen molar-refractivity contribution >= 4 is 24.0 Å². The summed E-state index contributed by atoms with van der Waals surface area (Å²) in [7, 11) is 0. The molecule has 0 aliphatic rings. The molecule has 2 aromatic heterocycles. The minimum Gasteiger partial charge on any atom is -0.337 e. The lowest BCUT2D eigenvalue weighted by Crippen LogP contribution is -1.92. The molecular formula is C21H16N4S2. The lowest BCUT2D eigenvalue weighted by Gasteiger charge is -2.06. The molecule has 0 aliphatic carbocycles. The van der Waals surface area contributed by atoms with E-state index in [1.54, 1.807) is 24.2 Å². The molecule has 0 radical (unpaired) electrons. The zero-order chi connectivity index (χ0) is 18.6. The van der Waals surface area contributed by atoms with Crippen LogP contribution in [0.25, 0.3) is 33.6 Å². The van der Waals surface area contributed by atoms with Gasteiger partial charge in [-0.3, -0.25) is 0 Å². The summed E-state index contributed by atoms with van der Waals surface area (Å²) in [6, 6.07) is 17.0. The van der Waals surface area contributed by atoms with Crippen LogP contribution in [0.4, 0.5) is 0 Å². The molecule has 6 heteroatoms. The average Bonchev–Trinajstić information content (AvgIpc) is 2.75. The van der Waals surface area contributed by atoms with Crippen LogP contribution in [0.15, 0.2) is 78.2 Å². The number of nitrogens with zero attached hydrogens (tertiary/aromatic N) is 3. The molecule has 0 atom stereocenters. The Hall–Kier alpha value is -2.83. The molecule has 1 N–H and O–H groups in total. The third-order valence-electron chi connectivity index (χ3n) is 4.22. The van der Waals surface area contributed by atoms with Crippen LogP contribution in [-0.4, -0.2) is 26.2 Å². The van der Waals surface area contributed by atoms with Gasteiger partial charge in [0.1, 0.15) is 0 Å². The highest BCUT2D eigenvalue weighted by molar-refractivity contribution is 7.98. The number of H-pyrrole nitrogens is 1. The summed E-state index contributed by atoms with van der Waals surface area (Å²) in [5.41, 5.74) is 5.25. The zero-order valence-corrected chi connectivity index (χ0v) is 16.2. The van der Waals surface area contributed by atoms with Gasteiger partial charge in [0.2, 0.25) is 0 Å². The van der Waals surface area contributed by atoms with E-state index in [-0.39, 0.29) is 0 Å². The topological polar surface area (TPSA) is 54.5 Å². The summed E-state index contributed by atoms with van der Waals surface area (Å²) in [4.78, 5) is 17.1.